The van der Waals surface area contributed by atoms with Gasteiger partial charge in [0.1, 0.15) is 11.5 Å². The fourth-order valence-electron chi connectivity index (χ4n) is 3.12. The summed E-state index contributed by atoms with van der Waals surface area (Å²) in [5.41, 5.74) is 3.95. The molecule has 1 aromatic carbocycles. The average Bonchev–Trinajstić information content (AvgIpc) is 3.13. The van der Waals surface area contributed by atoms with Gasteiger partial charge in [-0.15, -0.1) is 0 Å². The number of imidazole rings is 1. The number of pyridine rings is 1. The molecule has 3 aromatic heterocycles. The Hall–Kier alpha value is -3.24. The van der Waals surface area contributed by atoms with E-state index < -0.39 is 5.41 Å². The first-order chi connectivity index (χ1) is 13.9. The fourth-order valence-corrected chi connectivity index (χ4v) is 3.48. The Morgan fingerprint density at radius 1 is 1.10 bits per heavy atom. The lowest BCUT2D eigenvalue weighted by molar-refractivity contribution is 0.628. The van der Waals surface area contributed by atoms with Crippen molar-refractivity contribution in [1.29, 1.82) is 5.26 Å². The zero-order chi connectivity index (χ0) is 20.6. The van der Waals surface area contributed by atoms with E-state index >= 15 is 0 Å². The Morgan fingerprint density at radius 2 is 1.86 bits per heavy atom. The quantitative estimate of drug-likeness (QED) is 0.349. The van der Waals surface area contributed by atoms with Crippen LogP contribution < -0.4 is 0 Å². The standard InChI is InChI=1S/C22H18FN5S/c1-22(2,13-24)15-9-11-28-18(12-15)27-19(14-4-6-16(23)7-5-14)20(28)17-8-10-25-21(26-17)29-3/h4-12H,1-3H3. The summed E-state index contributed by atoms with van der Waals surface area (Å²) in [6.07, 6.45) is 5.54. The zero-order valence-corrected chi connectivity index (χ0v) is 17.0. The molecular formula is C22H18FN5S. The van der Waals surface area contributed by atoms with E-state index in [9.17, 15) is 9.65 Å². The van der Waals surface area contributed by atoms with Gasteiger partial charge in [0.2, 0.25) is 0 Å². The number of benzene rings is 1. The molecule has 0 saturated heterocycles. The van der Waals surface area contributed by atoms with E-state index in [0.717, 1.165) is 22.5 Å². The van der Waals surface area contributed by atoms with Crippen molar-refractivity contribution in [2.75, 3.05) is 6.26 Å². The minimum absolute atomic E-state index is 0.302. The summed E-state index contributed by atoms with van der Waals surface area (Å²) in [6.45, 7) is 3.75. The van der Waals surface area contributed by atoms with Crippen molar-refractivity contribution in [1.82, 2.24) is 19.4 Å². The van der Waals surface area contributed by atoms with Gasteiger partial charge in [0, 0.05) is 18.0 Å². The van der Waals surface area contributed by atoms with E-state index in [1.54, 1.807) is 18.3 Å². The van der Waals surface area contributed by atoms with Crippen LogP contribution in [0.1, 0.15) is 19.4 Å². The first-order valence-electron chi connectivity index (χ1n) is 9.00. The summed E-state index contributed by atoms with van der Waals surface area (Å²) in [7, 11) is 0. The predicted octanol–water partition coefficient (Wildman–Crippen LogP) is 5.12. The summed E-state index contributed by atoms with van der Waals surface area (Å²) < 4.78 is 15.4. The van der Waals surface area contributed by atoms with E-state index in [4.69, 9.17) is 4.98 Å². The number of nitrogens with zero attached hydrogens (tertiary/aromatic N) is 5. The summed E-state index contributed by atoms with van der Waals surface area (Å²) in [5.74, 6) is -0.302. The van der Waals surface area contributed by atoms with Crippen LogP contribution in [-0.2, 0) is 5.41 Å². The first-order valence-corrected chi connectivity index (χ1v) is 10.2. The lowest BCUT2D eigenvalue weighted by Crippen LogP contribution is -2.14. The second-order valence-electron chi connectivity index (χ2n) is 7.12. The van der Waals surface area contributed by atoms with Gasteiger partial charge in [-0.1, -0.05) is 11.8 Å². The molecule has 0 aliphatic carbocycles. The van der Waals surface area contributed by atoms with Gasteiger partial charge >= 0.3 is 0 Å². The van der Waals surface area contributed by atoms with Crippen LogP contribution in [0, 0.1) is 17.1 Å². The molecule has 3 heterocycles. The highest BCUT2D eigenvalue weighted by atomic mass is 32.2. The Bertz CT molecular complexity index is 1240. The molecule has 0 amide bonds. The largest absolute Gasteiger partial charge is 0.298 e. The highest BCUT2D eigenvalue weighted by Crippen LogP contribution is 2.34. The van der Waals surface area contributed by atoms with Crippen LogP contribution in [0.2, 0.25) is 0 Å². The number of rotatable bonds is 4. The minimum atomic E-state index is -0.634. The average molecular weight is 403 g/mol. The summed E-state index contributed by atoms with van der Waals surface area (Å²) in [4.78, 5) is 13.7. The van der Waals surface area contributed by atoms with Crippen molar-refractivity contribution in [3.05, 3.63) is 66.2 Å². The van der Waals surface area contributed by atoms with Gasteiger partial charge in [0.15, 0.2) is 5.16 Å². The van der Waals surface area contributed by atoms with Gasteiger partial charge in [0.25, 0.3) is 0 Å². The Labute approximate surface area is 172 Å². The number of hydrogen-bond acceptors (Lipinski definition) is 5. The molecule has 0 N–H and O–H groups in total. The van der Waals surface area contributed by atoms with Gasteiger partial charge in [-0.25, -0.2) is 19.3 Å². The fraction of sp³-hybridized carbons (Fsp3) is 0.182. The minimum Gasteiger partial charge on any atom is -0.298 e. The number of hydrogen-bond donors (Lipinski definition) is 0. The summed E-state index contributed by atoms with van der Waals surface area (Å²) >= 11 is 1.46. The Balaban J connectivity index is 2.01. The van der Waals surface area contributed by atoms with Crippen molar-refractivity contribution >= 4 is 17.4 Å². The van der Waals surface area contributed by atoms with Crippen molar-refractivity contribution in [3.8, 4) is 28.7 Å². The van der Waals surface area contributed by atoms with Gasteiger partial charge < -0.3 is 0 Å². The Kier molecular flexibility index (Phi) is 4.81. The van der Waals surface area contributed by atoms with Gasteiger partial charge in [-0.05, 0) is 68.1 Å². The van der Waals surface area contributed by atoms with Crippen LogP contribution in [0.15, 0.2) is 60.0 Å². The van der Waals surface area contributed by atoms with Crippen molar-refractivity contribution < 1.29 is 4.39 Å². The van der Waals surface area contributed by atoms with Gasteiger partial charge in [-0.3, -0.25) is 4.40 Å². The monoisotopic (exact) mass is 403 g/mol. The van der Waals surface area contributed by atoms with E-state index in [1.165, 1.54) is 23.9 Å². The molecule has 0 aliphatic heterocycles. The van der Waals surface area contributed by atoms with Crippen LogP contribution in [0.4, 0.5) is 4.39 Å². The van der Waals surface area contributed by atoms with Crippen LogP contribution in [-0.4, -0.2) is 25.6 Å². The SMILES string of the molecule is CSc1nccc(-c2c(-c3ccc(F)cc3)nc3cc(C(C)(C)C#N)ccn23)n1. The van der Waals surface area contributed by atoms with E-state index in [-0.39, 0.29) is 5.82 Å². The molecule has 0 radical (unpaired) electrons. The summed E-state index contributed by atoms with van der Waals surface area (Å²) in [6, 6.07) is 14.2. The first kappa shape index (κ1) is 19.1. The molecule has 0 fully saturated rings. The molecule has 0 atom stereocenters. The van der Waals surface area contributed by atoms with Gasteiger partial charge in [0.05, 0.1) is 28.6 Å². The molecule has 0 unspecified atom stereocenters. The molecule has 4 aromatic rings. The smallest absolute Gasteiger partial charge is 0.187 e. The Morgan fingerprint density at radius 3 is 2.55 bits per heavy atom. The van der Waals surface area contributed by atoms with Gasteiger partial charge in [-0.2, -0.15) is 5.26 Å². The topological polar surface area (TPSA) is 66.9 Å². The number of halogens is 1. The molecule has 144 valence electrons. The molecule has 7 heteroatoms. The third-order valence-corrected chi connectivity index (χ3v) is 5.37. The van der Waals surface area contributed by atoms with Crippen molar-refractivity contribution in [3.63, 3.8) is 0 Å². The number of fused-ring (bicyclic) bond motifs is 1. The van der Waals surface area contributed by atoms with Crippen LogP contribution in [0.3, 0.4) is 0 Å². The third-order valence-electron chi connectivity index (χ3n) is 4.80. The number of nitriles is 1. The molecule has 0 spiro atoms. The second kappa shape index (κ2) is 7.30. The highest BCUT2D eigenvalue weighted by molar-refractivity contribution is 7.98. The van der Waals surface area contributed by atoms with Crippen LogP contribution in [0.5, 0.6) is 0 Å². The van der Waals surface area contributed by atoms with Crippen LogP contribution >= 0.6 is 11.8 Å². The lowest BCUT2D eigenvalue weighted by atomic mass is 9.87. The molecule has 0 saturated carbocycles. The zero-order valence-electron chi connectivity index (χ0n) is 16.2. The highest BCUT2D eigenvalue weighted by Gasteiger charge is 2.23. The normalized spacial score (nSPS) is 11.6. The molecular weight excluding hydrogens is 385 g/mol. The second-order valence-corrected chi connectivity index (χ2v) is 7.90. The molecule has 5 nitrogen and oxygen atoms in total. The predicted molar refractivity (Wildman–Crippen MR) is 112 cm³/mol. The molecule has 4 rings (SSSR count). The number of thioether (sulfide) groups is 1. The van der Waals surface area contributed by atoms with E-state index in [1.807, 2.05) is 48.9 Å². The van der Waals surface area contributed by atoms with E-state index in [0.29, 0.717) is 16.5 Å². The third kappa shape index (κ3) is 3.47. The molecule has 29 heavy (non-hydrogen) atoms. The lowest BCUT2D eigenvalue weighted by Gasteiger charge is -2.15. The summed E-state index contributed by atoms with van der Waals surface area (Å²) in [5, 5.41) is 10.1. The number of aromatic nitrogens is 4. The van der Waals surface area contributed by atoms with Crippen molar-refractivity contribution in [2.24, 2.45) is 0 Å². The van der Waals surface area contributed by atoms with Crippen molar-refractivity contribution in [2.45, 2.75) is 24.4 Å². The van der Waals surface area contributed by atoms with E-state index in [2.05, 4.69) is 16.0 Å². The van der Waals surface area contributed by atoms with Crippen LogP contribution in [0.25, 0.3) is 28.3 Å². The molecule has 0 bridgehead atoms. The maximum atomic E-state index is 13.5. The maximum Gasteiger partial charge on any atom is 0.187 e. The maximum absolute atomic E-state index is 13.5. The molecule has 0 aliphatic rings.